The molecule has 2 heterocycles. The van der Waals surface area contributed by atoms with Crippen molar-refractivity contribution in [3.63, 3.8) is 0 Å². The van der Waals surface area contributed by atoms with Crippen LogP contribution in [-0.4, -0.2) is 34.1 Å². The molecule has 0 aromatic carbocycles. The lowest BCUT2D eigenvalue weighted by Crippen LogP contribution is -2.24. The second-order valence-corrected chi connectivity index (χ2v) is 3.94. The van der Waals surface area contributed by atoms with E-state index in [-0.39, 0.29) is 0 Å². The van der Waals surface area contributed by atoms with Gasteiger partial charge in [0.15, 0.2) is 0 Å². The zero-order chi connectivity index (χ0) is 9.80. The molecule has 2 rings (SSSR count). The number of likely N-dealkylation sites (tertiary alicyclic amines) is 1. The molecule has 0 aliphatic carbocycles. The average Bonchev–Trinajstić information content (AvgIpc) is 2.85. The quantitative estimate of drug-likeness (QED) is 0.723. The molecule has 1 fully saturated rings. The summed E-state index contributed by atoms with van der Waals surface area (Å²) < 4.78 is 2.28. The van der Waals surface area contributed by atoms with Crippen LogP contribution in [-0.2, 0) is 13.0 Å². The smallest absolute Gasteiger partial charge is 0.108 e. The fraction of sp³-hybridized carbons (Fsp3) is 0.727. The van der Waals surface area contributed by atoms with Crippen LogP contribution < -0.4 is 0 Å². The van der Waals surface area contributed by atoms with Crippen LogP contribution in [0.5, 0.6) is 0 Å². The Hall–Kier alpha value is -0.830. The minimum absolute atomic E-state index is 1.03. The molecular formula is C11H19N3. The summed E-state index contributed by atoms with van der Waals surface area (Å²) in [5.41, 5.74) is 0. The highest BCUT2D eigenvalue weighted by atomic mass is 15.2. The monoisotopic (exact) mass is 193 g/mol. The summed E-state index contributed by atoms with van der Waals surface area (Å²) in [7, 11) is 0. The highest BCUT2D eigenvalue weighted by Gasteiger charge is 2.11. The van der Waals surface area contributed by atoms with Crippen molar-refractivity contribution in [2.45, 2.75) is 32.7 Å². The number of rotatable bonds is 4. The molecule has 0 atom stereocenters. The van der Waals surface area contributed by atoms with Crippen molar-refractivity contribution in [1.29, 1.82) is 0 Å². The van der Waals surface area contributed by atoms with Gasteiger partial charge < -0.3 is 9.47 Å². The van der Waals surface area contributed by atoms with E-state index in [2.05, 4.69) is 27.6 Å². The molecule has 3 nitrogen and oxygen atoms in total. The zero-order valence-corrected chi connectivity index (χ0v) is 8.95. The Labute approximate surface area is 85.7 Å². The number of nitrogens with zero attached hydrogens (tertiary/aromatic N) is 3. The van der Waals surface area contributed by atoms with Crippen molar-refractivity contribution in [1.82, 2.24) is 14.5 Å². The molecule has 1 saturated heterocycles. The first-order valence-electron chi connectivity index (χ1n) is 5.62. The second-order valence-electron chi connectivity index (χ2n) is 3.94. The van der Waals surface area contributed by atoms with E-state index in [9.17, 15) is 0 Å². The van der Waals surface area contributed by atoms with Crippen molar-refractivity contribution in [2.24, 2.45) is 0 Å². The Morgan fingerprint density at radius 1 is 1.29 bits per heavy atom. The van der Waals surface area contributed by atoms with E-state index in [4.69, 9.17) is 0 Å². The highest BCUT2D eigenvalue weighted by molar-refractivity contribution is 4.91. The van der Waals surface area contributed by atoms with Gasteiger partial charge in [-0.05, 0) is 25.9 Å². The van der Waals surface area contributed by atoms with Crippen LogP contribution in [0.4, 0.5) is 0 Å². The van der Waals surface area contributed by atoms with Gasteiger partial charge in [0.05, 0.1) is 0 Å². The highest BCUT2D eigenvalue weighted by Crippen LogP contribution is 2.07. The summed E-state index contributed by atoms with van der Waals surface area (Å²) in [6, 6.07) is 0. The van der Waals surface area contributed by atoms with Gasteiger partial charge in [0.1, 0.15) is 5.82 Å². The summed E-state index contributed by atoms with van der Waals surface area (Å²) >= 11 is 0. The lowest BCUT2D eigenvalue weighted by atomic mass is 10.4. The number of hydrogen-bond acceptors (Lipinski definition) is 2. The third-order valence-electron chi connectivity index (χ3n) is 2.97. The van der Waals surface area contributed by atoms with E-state index < -0.39 is 0 Å². The van der Waals surface area contributed by atoms with E-state index in [1.54, 1.807) is 0 Å². The van der Waals surface area contributed by atoms with Gasteiger partial charge in [-0.1, -0.05) is 6.92 Å². The third-order valence-corrected chi connectivity index (χ3v) is 2.97. The minimum Gasteiger partial charge on any atom is -0.334 e. The van der Waals surface area contributed by atoms with Crippen molar-refractivity contribution in [3.8, 4) is 0 Å². The molecule has 0 unspecified atom stereocenters. The van der Waals surface area contributed by atoms with Crippen molar-refractivity contribution in [2.75, 3.05) is 19.6 Å². The predicted molar refractivity (Wildman–Crippen MR) is 57.3 cm³/mol. The summed E-state index contributed by atoms with van der Waals surface area (Å²) in [5.74, 6) is 1.21. The molecule has 0 radical (unpaired) electrons. The van der Waals surface area contributed by atoms with E-state index in [0.29, 0.717) is 0 Å². The van der Waals surface area contributed by atoms with Crippen LogP contribution in [0.2, 0.25) is 0 Å². The molecule has 1 aliphatic rings. The molecule has 0 N–H and O–H groups in total. The molecule has 0 bridgehead atoms. The maximum absolute atomic E-state index is 4.32. The normalized spacial score (nSPS) is 17.8. The van der Waals surface area contributed by atoms with Crippen LogP contribution >= 0.6 is 0 Å². The summed E-state index contributed by atoms with van der Waals surface area (Å²) in [6.45, 7) is 7.02. The van der Waals surface area contributed by atoms with Gasteiger partial charge in [-0.15, -0.1) is 0 Å². The van der Waals surface area contributed by atoms with Crippen molar-refractivity contribution < 1.29 is 0 Å². The maximum Gasteiger partial charge on any atom is 0.108 e. The fourth-order valence-electron chi connectivity index (χ4n) is 2.11. The van der Waals surface area contributed by atoms with E-state index in [1.807, 2.05) is 6.20 Å². The van der Waals surface area contributed by atoms with E-state index >= 15 is 0 Å². The Bertz CT molecular complexity index is 274. The molecule has 3 heteroatoms. The zero-order valence-electron chi connectivity index (χ0n) is 8.95. The molecule has 0 spiro atoms. The standard InChI is InChI=1S/C11H19N3/c1-2-11-12-5-8-14(11)10-9-13-6-3-4-7-13/h5,8H,2-4,6-7,9-10H2,1H3. The number of aryl methyl sites for hydroxylation is 1. The SMILES string of the molecule is CCc1nccn1CCN1CCCC1. The Balaban J connectivity index is 1.84. The van der Waals surface area contributed by atoms with Crippen molar-refractivity contribution in [3.05, 3.63) is 18.2 Å². The molecule has 78 valence electrons. The second kappa shape index (κ2) is 4.60. The largest absolute Gasteiger partial charge is 0.334 e. The van der Waals surface area contributed by atoms with E-state index in [0.717, 1.165) is 13.0 Å². The molecule has 1 aliphatic heterocycles. The van der Waals surface area contributed by atoms with Crippen LogP contribution in [0.15, 0.2) is 12.4 Å². The molecular weight excluding hydrogens is 174 g/mol. The van der Waals surface area contributed by atoms with Crippen molar-refractivity contribution >= 4 is 0 Å². The number of aromatic nitrogens is 2. The Kier molecular flexibility index (Phi) is 3.19. The van der Waals surface area contributed by atoms with Crippen LogP contribution in [0, 0.1) is 0 Å². The van der Waals surface area contributed by atoms with Gasteiger partial charge >= 0.3 is 0 Å². The topological polar surface area (TPSA) is 21.1 Å². The third kappa shape index (κ3) is 2.15. The lowest BCUT2D eigenvalue weighted by molar-refractivity contribution is 0.320. The fourth-order valence-corrected chi connectivity index (χ4v) is 2.11. The molecule has 0 saturated carbocycles. The van der Waals surface area contributed by atoms with Crippen LogP contribution in [0.3, 0.4) is 0 Å². The van der Waals surface area contributed by atoms with Gasteiger partial charge in [-0.25, -0.2) is 4.98 Å². The average molecular weight is 193 g/mol. The molecule has 1 aromatic rings. The Morgan fingerprint density at radius 2 is 2.07 bits per heavy atom. The molecule has 1 aromatic heterocycles. The first-order chi connectivity index (χ1) is 6.90. The summed E-state index contributed by atoms with van der Waals surface area (Å²) in [6.07, 6.45) is 7.79. The number of hydrogen-bond donors (Lipinski definition) is 0. The lowest BCUT2D eigenvalue weighted by Gasteiger charge is -2.15. The summed E-state index contributed by atoms with van der Waals surface area (Å²) in [5, 5.41) is 0. The minimum atomic E-state index is 1.03. The first kappa shape index (κ1) is 9.71. The predicted octanol–water partition coefficient (Wildman–Crippen LogP) is 1.54. The van der Waals surface area contributed by atoms with Gasteiger partial charge in [0, 0.05) is 31.9 Å². The maximum atomic E-state index is 4.32. The van der Waals surface area contributed by atoms with Crippen LogP contribution in [0.1, 0.15) is 25.6 Å². The van der Waals surface area contributed by atoms with Crippen LogP contribution in [0.25, 0.3) is 0 Å². The summed E-state index contributed by atoms with van der Waals surface area (Å²) in [4.78, 5) is 6.87. The van der Waals surface area contributed by atoms with E-state index in [1.165, 1.54) is 38.3 Å². The molecule has 14 heavy (non-hydrogen) atoms. The van der Waals surface area contributed by atoms with Gasteiger partial charge in [-0.2, -0.15) is 0 Å². The van der Waals surface area contributed by atoms with Gasteiger partial charge in [0.25, 0.3) is 0 Å². The van der Waals surface area contributed by atoms with Gasteiger partial charge in [0.2, 0.25) is 0 Å². The number of imidazole rings is 1. The Morgan fingerprint density at radius 3 is 2.79 bits per heavy atom. The first-order valence-corrected chi connectivity index (χ1v) is 5.62. The molecule has 0 amide bonds. The van der Waals surface area contributed by atoms with Gasteiger partial charge in [-0.3, -0.25) is 0 Å².